The van der Waals surface area contributed by atoms with E-state index in [1.54, 1.807) is 0 Å². The van der Waals surface area contributed by atoms with Crippen molar-refractivity contribution in [2.24, 2.45) is 0 Å². The molecular weight excluding hydrogens is 218 g/mol. The lowest BCUT2D eigenvalue weighted by atomic mass is 9.65. The van der Waals surface area contributed by atoms with Gasteiger partial charge in [0, 0.05) is 24.2 Å². The van der Waals surface area contributed by atoms with Crippen LogP contribution < -0.4 is 0 Å². The predicted molar refractivity (Wildman–Crippen MR) is 61.0 cm³/mol. The first kappa shape index (κ1) is 10.6. The molecule has 0 aliphatic heterocycles. The van der Waals surface area contributed by atoms with Gasteiger partial charge < -0.3 is 10.1 Å². The Hall–Kier alpha value is -1.58. The molecule has 4 heteroatoms. The van der Waals surface area contributed by atoms with E-state index in [-0.39, 0.29) is 18.6 Å². The zero-order valence-electron chi connectivity index (χ0n) is 9.58. The maximum absolute atomic E-state index is 11.4. The second kappa shape index (κ2) is 3.45. The van der Waals surface area contributed by atoms with Crippen molar-refractivity contribution in [2.45, 2.75) is 43.9 Å². The van der Waals surface area contributed by atoms with E-state index < -0.39 is 11.4 Å². The summed E-state index contributed by atoms with van der Waals surface area (Å²) in [7, 11) is 0. The van der Waals surface area contributed by atoms with Crippen molar-refractivity contribution in [3.05, 3.63) is 23.0 Å². The number of carboxylic acids is 1. The van der Waals surface area contributed by atoms with E-state index >= 15 is 0 Å². The molecule has 0 radical (unpaired) electrons. The quantitative estimate of drug-likeness (QED) is 0.814. The van der Waals surface area contributed by atoms with Crippen molar-refractivity contribution in [2.75, 3.05) is 0 Å². The monoisotopic (exact) mass is 233 g/mol. The molecule has 1 heterocycles. The SMILES string of the molecule is O=C1CC(C(=O)O)(c2cc3c([nH]2)CCCC3)C1. The average molecular weight is 233 g/mol. The largest absolute Gasteiger partial charge is 0.481 e. The highest BCUT2D eigenvalue weighted by Crippen LogP contribution is 2.42. The van der Waals surface area contributed by atoms with E-state index in [0.717, 1.165) is 25.0 Å². The fourth-order valence-electron chi connectivity index (χ4n) is 2.94. The molecule has 17 heavy (non-hydrogen) atoms. The Kier molecular flexibility index (Phi) is 2.15. The van der Waals surface area contributed by atoms with E-state index in [1.807, 2.05) is 6.07 Å². The highest BCUT2D eigenvalue weighted by Gasteiger charge is 2.52. The summed E-state index contributed by atoms with van der Waals surface area (Å²) in [5.74, 6) is -0.837. The highest BCUT2D eigenvalue weighted by atomic mass is 16.4. The summed E-state index contributed by atoms with van der Waals surface area (Å²) in [5, 5.41) is 9.34. The van der Waals surface area contributed by atoms with Crippen LogP contribution in [0.4, 0.5) is 0 Å². The number of nitrogens with one attached hydrogen (secondary N) is 1. The fraction of sp³-hybridized carbons (Fsp3) is 0.538. The van der Waals surface area contributed by atoms with Crippen LogP contribution in [0.2, 0.25) is 0 Å². The first-order valence-electron chi connectivity index (χ1n) is 6.08. The Balaban J connectivity index is 2.00. The maximum Gasteiger partial charge on any atom is 0.316 e. The molecule has 2 aliphatic rings. The summed E-state index contributed by atoms with van der Waals surface area (Å²) in [6.07, 6.45) is 4.63. The van der Waals surface area contributed by atoms with E-state index in [1.165, 1.54) is 17.7 Å². The number of carbonyl (C=O) groups is 2. The Morgan fingerprint density at radius 2 is 2.00 bits per heavy atom. The number of aliphatic carboxylic acids is 1. The normalized spacial score (nSPS) is 21.8. The van der Waals surface area contributed by atoms with Crippen LogP contribution in [0.15, 0.2) is 6.07 Å². The van der Waals surface area contributed by atoms with Gasteiger partial charge in [-0.3, -0.25) is 9.59 Å². The molecule has 0 bridgehead atoms. The van der Waals surface area contributed by atoms with Crippen molar-refractivity contribution >= 4 is 11.8 Å². The van der Waals surface area contributed by atoms with Crippen LogP contribution in [-0.4, -0.2) is 21.8 Å². The minimum atomic E-state index is -0.964. The minimum Gasteiger partial charge on any atom is -0.481 e. The molecule has 0 saturated heterocycles. The molecule has 1 fully saturated rings. The number of aromatic nitrogens is 1. The molecule has 3 rings (SSSR count). The molecule has 0 unspecified atom stereocenters. The third-order valence-corrected chi connectivity index (χ3v) is 4.04. The molecule has 0 atom stereocenters. The third-order valence-electron chi connectivity index (χ3n) is 4.04. The number of H-pyrrole nitrogens is 1. The first-order valence-corrected chi connectivity index (χ1v) is 6.08. The van der Waals surface area contributed by atoms with Gasteiger partial charge in [0.25, 0.3) is 0 Å². The Morgan fingerprint density at radius 1 is 1.29 bits per heavy atom. The molecule has 1 aromatic rings. The van der Waals surface area contributed by atoms with Crippen molar-refractivity contribution in [1.29, 1.82) is 0 Å². The van der Waals surface area contributed by atoms with Gasteiger partial charge in [-0.15, -0.1) is 0 Å². The van der Waals surface area contributed by atoms with Gasteiger partial charge >= 0.3 is 5.97 Å². The van der Waals surface area contributed by atoms with Gasteiger partial charge in [0.05, 0.1) is 0 Å². The lowest BCUT2D eigenvalue weighted by Gasteiger charge is -2.35. The molecule has 0 amide bonds. The number of aromatic amines is 1. The van der Waals surface area contributed by atoms with E-state index in [9.17, 15) is 14.7 Å². The van der Waals surface area contributed by atoms with Crippen molar-refractivity contribution < 1.29 is 14.7 Å². The molecule has 2 aliphatic carbocycles. The zero-order chi connectivity index (χ0) is 12.0. The van der Waals surface area contributed by atoms with Crippen LogP contribution in [0.3, 0.4) is 0 Å². The Bertz CT molecular complexity index is 469. The van der Waals surface area contributed by atoms with E-state index in [2.05, 4.69) is 4.98 Å². The van der Waals surface area contributed by atoms with E-state index in [0.29, 0.717) is 0 Å². The molecule has 4 nitrogen and oxygen atoms in total. The molecular formula is C13H15NO3. The number of Topliss-reactive ketones (excluding diaryl/α,β-unsaturated/α-hetero) is 1. The topological polar surface area (TPSA) is 70.2 Å². The van der Waals surface area contributed by atoms with Crippen molar-refractivity contribution in [3.8, 4) is 0 Å². The van der Waals surface area contributed by atoms with E-state index in [4.69, 9.17) is 0 Å². The molecule has 2 N–H and O–H groups in total. The number of hydrogen-bond acceptors (Lipinski definition) is 2. The highest BCUT2D eigenvalue weighted by molar-refractivity contribution is 6.01. The van der Waals surface area contributed by atoms with Crippen LogP contribution in [0.25, 0.3) is 0 Å². The molecule has 90 valence electrons. The smallest absolute Gasteiger partial charge is 0.316 e. The van der Waals surface area contributed by atoms with Crippen LogP contribution in [0.5, 0.6) is 0 Å². The molecule has 1 aromatic heterocycles. The predicted octanol–water partition coefficient (Wildman–Crippen LogP) is 1.58. The number of ketones is 1. The van der Waals surface area contributed by atoms with Gasteiger partial charge in [0.1, 0.15) is 11.2 Å². The number of carbonyl (C=O) groups excluding carboxylic acids is 1. The van der Waals surface area contributed by atoms with Gasteiger partial charge in [-0.05, 0) is 37.3 Å². The van der Waals surface area contributed by atoms with Gasteiger partial charge in [-0.25, -0.2) is 0 Å². The standard InChI is InChI=1S/C13H15NO3/c15-9-6-13(7-9,12(16)17)11-5-8-3-1-2-4-10(8)14-11/h5,14H,1-4,6-7H2,(H,16,17). The lowest BCUT2D eigenvalue weighted by Crippen LogP contribution is -2.48. The van der Waals surface area contributed by atoms with Gasteiger partial charge in [0.2, 0.25) is 0 Å². The summed E-state index contributed by atoms with van der Waals surface area (Å²) < 4.78 is 0. The first-order chi connectivity index (χ1) is 8.12. The zero-order valence-corrected chi connectivity index (χ0v) is 9.58. The number of aryl methyl sites for hydroxylation is 2. The molecule has 0 spiro atoms. The van der Waals surface area contributed by atoms with Crippen LogP contribution >= 0.6 is 0 Å². The number of fused-ring (bicyclic) bond motifs is 1. The molecule has 1 saturated carbocycles. The number of hydrogen-bond donors (Lipinski definition) is 2. The lowest BCUT2D eigenvalue weighted by molar-refractivity contribution is -0.153. The van der Waals surface area contributed by atoms with Gasteiger partial charge in [-0.2, -0.15) is 0 Å². The Morgan fingerprint density at radius 3 is 2.59 bits per heavy atom. The molecule has 0 aromatic carbocycles. The van der Waals surface area contributed by atoms with Crippen LogP contribution in [-0.2, 0) is 27.8 Å². The van der Waals surface area contributed by atoms with Crippen LogP contribution in [0.1, 0.15) is 42.6 Å². The second-order valence-electron chi connectivity index (χ2n) is 5.17. The summed E-state index contributed by atoms with van der Waals surface area (Å²) >= 11 is 0. The minimum absolute atomic E-state index is 0.0416. The maximum atomic E-state index is 11.4. The van der Waals surface area contributed by atoms with Crippen molar-refractivity contribution in [1.82, 2.24) is 4.98 Å². The average Bonchev–Trinajstić information content (AvgIpc) is 2.67. The third kappa shape index (κ3) is 1.43. The summed E-state index contributed by atoms with van der Waals surface area (Å²) in [6.45, 7) is 0. The number of carboxylic acid groups (broad SMARTS) is 1. The summed E-state index contributed by atoms with van der Waals surface area (Å²) in [6, 6.07) is 1.97. The van der Waals surface area contributed by atoms with Crippen molar-refractivity contribution in [3.63, 3.8) is 0 Å². The van der Waals surface area contributed by atoms with Crippen LogP contribution in [0, 0.1) is 0 Å². The van der Waals surface area contributed by atoms with Gasteiger partial charge in [0.15, 0.2) is 0 Å². The number of rotatable bonds is 2. The van der Waals surface area contributed by atoms with Gasteiger partial charge in [-0.1, -0.05) is 0 Å². The summed E-state index contributed by atoms with van der Waals surface area (Å²) in [5.41, 5.74) is 2.18. The second-order valence-corrected chi connectivity index (χ2v) is 5.17. The fourth-order valence-corrected chi connectivity index (χ4v) is 2.94. The summed E-state index contributed by atoms with van der Waals surface area (Å²) in [4.78, 5) is 25.8. The Labute approximate surface area is 99.0 Å².